The molecule has 2 aliphatic heterocycles. The van der Waals surface area contributed by atoms with Gasteiger partial charge in [-0.1, -0.05) is 57.2 Å². The van der Waals surface area contributed by atoms with Gasteiger partial charge in [0, 0.05) is 67.4 Å². The van der Waals surface area contributed by atoms with Crippen molar-refractivity contribution < 1.29 is 37.1 Å². The van der Waals surface area contributed by atoms with E-state index in [4.69, 9.17) is 14.5 Å². The fourth-order valence-electron chi connectivity index (χ4n) is 8.48. The van der Waals surface area contributed by atoms with E-state index in [0.717, 1.165) is 35.1 Å². The first-order valence-electron chi connectivity index (χ1n) is 20.4. The molecule has 0 radical (unpaired) electrons. The topological polar surface area (TPSA) is 164 Å². The minimum Gasteiger partial charge on any atom is -0.497 e. The standard InChI is InChI=1S/C44H55N5O8S/c1-6-30-26-44(30,42(53)47-58(54,55)33-16-17-33)49(40(51)29(25-43(2,3)4)21-39(50)48-19-11-8-12-20-48)41(52)37-23-32(27-45-37)57-38-24-35(28-13-9-7-10-14-28)46-36-22-31(56-5)15-18-34(36)38/h6-7,9-10,13-15,18,22,24,29-30,32-33,37,45H,1,8,11-12,16-17,19-21,23,25-27H2,2-5H3,(H,47,53)/t29-,30+,32+,37-,44+/m0/s1. The molecule has 7 rings (SSSR count). The number of methoxy groups -OCH3 is 1. The summed E-state index contributed by atoms with van der Waals surface area (Å²) in [5.41, 5.74) is -0.0133. The number of piperidine rings is 1. The molecule has 5 atom stereocenters. The average Bonchev–Trinajstić information content (AvgIpc) is 4.14. The fourth-order valence-corrected chi connectivity index (χ4v) is 9.84. The number of rotatable bonds is 14. The van der Waals surface area contributed by atoms with E-state index in [1.165, 1.54) is 6.08 Å². The number of ether oxygens (including phenoxy) is 2. The van der Waals surface area contributed by atoms with Crippen molar-refractivity contribution in [2.45, 2.75) is 101 Å². The van der Waals surface area contributed by atoms with Crippen LogP contribution in [0.25, 0.3) is 22.2 Å². The summed E-state index contributed by atoms with van der Waals surface area (Å²) < 4.78 is 40.7. The van der Waals surface area contributed by atoms with Gasteiger partial charge in [0.15, 0.2) is 0 Å². The van der Waals surface area contributed by atoms with E-state index in [1.807, 2.05) is 75.4 Å². The van der Waals surface area contributed by atoms with Gasteiger partial charge >= 0.3 is 0 Å². The molecular formula is C44H55N5O8S. The minimum atomic E-state index is -4.03. The first kappa shape index (κ1) is 41.3. The molecule has 310 valence electrons. The van der Waals surface area contributed by atoms with Crippen LogP contribution in [0.4, 0.5) is 0 Å². The summed E-state index contributed by atoms with van der Waals surface area (Å²) in [6.07, 6.45) is 4.90. The highest BCUT2D eigenvalue weighted by Crippen LogP contribution is 2.52. The number of imide groups is 1. The summed E-state index contributed by atoms with van der Waals surface area (Å²) in [5.74, 6) is -2.88. The molecule has 4 aliphatic rings. The number of carbonyl (C=O) groups excluding carboxylic acids is 4. The van der Waals surface area contributed by atoms with Crippen LogP contribution >= 0.6 is 0 Å². The van der Waals surface area contributed by atoms with Crippen LogP contribution in [0, 0.1) is 17.3 Å². The van der Waals surface area contributed by atoms with Crippen LogP contribution in [-0.4, -0.2) is 96.5 Å². The average molecular weight is 814 g/mol. The summed E-state index contributed by atoms with van der Waals surface area (Å²) in [4.78, 5) is 65.9. The summed E-state index contributed by atoms with van der Waals surface area (Å²) in [7, 11) is -2.44. The zero-order valence-corrected chi connectivity index (χ0v) is 34.7. The number of amides is 4. The van der Waals surface area contributed by atoms with Gasteiger partial charge in [-0.15, -0.1) is 6.58 Å². The Morgan fingerprint density at radius 3 is 2.43 bits per heavy atom. The number of hydrogen-bond donors (Lipinski definition) is 2. The van der Waals surface area contributed by atoms with Crippen LogP contribution in [0.15, 0.2) is 67.3 Å². The first-order chi connectivity index (χ1) is 27.6. The van der Waals surface area contributed by atoms with Crippen molar-refractivity contribution in [3.05, 3.63) is 67.3 Å². The van der Waals surface area contributed by atoms with E-state index < -0.39 is 67.9 Å². The molecule has 2 saturated carbocycles. The highest BCUT2D eigenvalue weighted by molar-refractivity contribution is 7.91. The van der Waals surface area contributed by atoms with E-state index in [-0.39, 0.29) is 38.1 Å². The van der Waals surface area contributed by atoms with E-state index in [1.54, 1.807) is 12.0 Å². The lowest BCUT2D eigenvalue weighted by molar-refractivity contribution is -0.159. The van der Waals surface area contributed by atoms with E-state index in [9.17, 15) is 18.0 Å². The molecule has 14 heteroatoms. The summed E-state index contributed by atoms with van der Waals surface area (Å²) in [6, 6.07) is 16.1. The molecular weight excluding hydrogens is 759 g/mol. The number of fused-ring (bicyclic) bond motifs is 1. The number of aromatic nitrogens is 1. The zero-order chi connectivity index (χ0) is 41.4. The molecule has 2 aromatic carbocycles. The Balaban J connectivity index is 1.21. The monoisotopic (exact) mass is 813 g/mol. The van der Waals surface area contributed by atoms with Gasteiger partial charge in [0.1, 0.15) is 23.1 Å². The molecule has 0 unspecified atom stereocenters. The second-order valence-electron chi connectivity index (χ2n) is 17.5. The number of pyridine rings is 1. The van der Waals surface area contributed by atoms with Crippen molar-refractivity contribution in [3.63, 3.8) is 0 Å². The minimum absolute atomic E-state index is 0.0175. The molecule has 4 amide bonds. The molecule has 3 aromatic rings. The van der Waals surface area contributed by atoms with Gasteiger partial charge in [-0.3, -0.25) is 28.8 Å². The molecule has 0 spiro atoms. The number of nitrogens with one attached hydrogen (secondary N) is 2. The van der Waals surface area contributed by atoms with Gasteiger partial charge < -0.3 is 19.7 Å². The Morgan fingerprint density at radius 1 is 1.07 bits per heavy atom. The maximum atomic E-state index is 15.1. The second-order valence-corrected chi connectivity index (χ2v) is 19.4. The number of sulfonamides is 1. The SMILES string of the molecule is C=C[C@@H]1C[C@@]1(C(=O)NS(=O)(=O)C1CC1)N(C(=O)[C@@H](CC(=O)N1CCCCC1)CC(C)(C)C)C(=O)[C@@H]1C[C@@H](Oc2cc(-c3ccccc3)nc3cc(OC)ccc23)CN1. The fraction of sp³-hybridized carbons (Fsp3) is 0.523. The largest absolute Gasteiger partial charge is 0.497 e. The predicted octanol–water partition coefficient (Wildman–Crippen LogP) is 5.38. The molecule has 2 N–H and O–H groups in total. The number of hydrogen-bond acceptors (Lipinski definition) is 10. The third-order valence-electron chi connectivity index (χ3n) is 11.8. The van der Waals surface area contributed by atoms with Gasteiger partial charge in [-0.05, 0) is 62.5 Å². The van der Waals surface area contributed by atoms with Crippen molar-refractivity contribution >= 4 is 44.6 Å². The van der Waals surface area contributed by atoms with Crippen molar-refractivity contribution in [2.75, 3.05) is 26.7 Å². The number of nitrogens with zero attached hydrogens (tertiary/aromatic N) is 3. The number of likely N-dealkylation sites (tertiary alicyclic amines) is 1. The lowest BCUT2D eigenvalue weighted by Crippen LogP contribution is -2.61. The molecule has 4 fully saturated rings. The van der Waals surface area contributed by atoms with Crippen molar-refractivity contribution in [1.29, 1.82) is 0 Å². The quantitative estimate of drug-likeness (QED) is 0.202. The normalized spacial score (nSPS) is 23.8. The van der Waals surface area contributed by atoms with Gasteiger partial charge in [0.05, 0.1) is 29.6 Å². The van der Waals surface area contributed by atoms with Crippen molar-refractivity contribution in [2.24, 2.45) is 17.3 Å². The Kier molecular flexibility index (Phi) is 11.7. The van der Waals surface area contributed by atoms with Crippen LogP contribution in [0.2, 0.25) is 0 Å². The van der Waals surface area contributed by atoms with Crippen LogP contribution < -0.4 is 19.5 Å². The molecule has 0 bridgehead atoms. The highest BCUT2D eigenvalue weighted by Gasteiger charge is 2.68. The predicted molar refractivity (Wildman–Crippen MR) is 220 cm³/mol. The van der Waals surface area contributed by atoms with Crippen LogP contribution in [0.5, 0.6) is 11.5 Å². The summed E-state index contributed by atoms with van der Waals surface area (Å²) in [6.45, 7) is 11.2. The lowest BCUT2D eigenvalue weighted by Gasteiger charge is -2.37. The van der Waals surface area contributed by atoms with Gasteiger partial charge in [-0.25, -0.2) is 13.4 Å². The van der Waals surface area contributed by atoms with Crippen molar-refractivity contribution in [1.82, 2.24) is 24.8 Å². The summed E-state index contributed by atoms with van der Waals surface area (Å²) >= 11 is 0. The first-order valence-corrected chi connectivity index (χ1v) is 22.0. The second kappa shape index (κ2) is 16.4. The van der Waals surface area contributed by atoms with Gasteiger partial charge in [0.2, 0.25) is 27.7 Å². The summed E-state index contributed by atoms with van der Waals surface area (Å²) in [5, 5.41) is 3.29. The molecule has 13 nitrogen and oxygen atoms in total. The molecule has 1 aromatic heterocycles. The Morgan fingerprint density at radius 2 is 1.79 bits per heavy atom. The van der Waals surface area contributed by atoms with Crippen LogP contribution in [-0.2, 0) is 29.2 Å². The zero-order valence-electron chi connectivity index (χ0n) is 33.9. The van der Waals surface area contributed by atoms with Crippen molar-refractivity contribution in [3.8, 4) is 22.8 Å². The third kappa shape index (κ3) is 8.78. The molecule has 58 heavy (non-hydrogen) atoms. The maximum absolute atomic E-state index is 15.1. The molecule has 3 heterocycles. The lowest BCUT2D eigenvalue weighted by atomic mass is 9.81. The molecule has 2 aliphatic carbocycles. The Hall–Kier alpha value is -4.82. The van der Waals surface area contributed by atoms with Gasteiger partial charge in [0.25, 0.3) is 5.91 Å². The van der Waals surface area contributed by atoms with Crippen LogP contribution in [0.1, 0.15) is 78.6 Å². The smallest absolute Gasteiger partial charge is 0.260 e. The van der Waals surface area contributed by atoms with Crippen LogP contribution in [0.3, 0.4) is 0 Å². The highest BCUT2D eigenvalue weighted by atomic mass is 32.2. The van der Waals surface area contributed by atoms with E-state index in [0.29, 0.717) is 48.6 Å². The number of carbonyl (C=O) groups is 4. The van der Waals surface area contributed by atoms with E-state index >= 15 is 9.59 Å². The Bertz CT molecular complexity index is 2180. The third-order valence-corrected chi connectivity index (χ3v) is 13.6. The number of benzene rings is 2. The Labute approximate surface area is 341 Å². The molecule has 2 saturated heterocycles. The van der Waals surface area contributed by atoms with E-state index in [2.05, 4.69) is 16.6 Å². The maximum Gasteiger partial charge on any atom is 0.260 e. The van der Waals surface area contributed by atoms with Gasteiger partial charge in [-0.2, -0.15) is 0 Å².